The van der Waals surface area contributed by atoms with E-state index in [0.717, 1.165) is 0 Å². The molecule has 42 heteroatoms. The highest BCUT2D eigenvalue weighted by molar-refractivity contribution is 7.80. The zero-order valence-corrected chi connectivity index (χ0v) is 58.9. The molecule has 101 heavy (non-hydrogen) atoms. The third-order valence-corrected chi connectivity index (χ3v) is 17.0. The number of aliphatic imine (C=N–C) groups is 1. The highest BCUT2D eigenvalue weighted by atomic mass is 32.1. The molecule has 0 spiro atoms. The Morgan fingerprint density at radius 1 is 0.604 bits per heavy atom. The van der Waals surface area contributed by atoms with Crippen molar-refractivity contribution in [3.63, 3.8) is 0 Å². The van der Waals surface area contributed by atoms with Gasteiger partial charge in [-0.2, -0.15) is 50.5 Å². The summed E-state index contributed by atoms with van der Waals surface area (Å²) >= 11 is 16.7. The van der Waals surface area contributed by atoms with E-state index >= 15 is 0 Å². The molecule has 1 aliphatic rings. The topological polar surface area (TPSA) is 629 Å². The van der Waals surface area contributed by atoms with Crippen molar-refractivity contribution in [2.45, 2.75) is 144 Å². The number of hydrogen-bond acceptors (Lipinski definition) is 25. The van der Waals surface area contributed by atoms with Crippen LogP contribution < -0.4 is 92.9 Å². The van der Waals surface area contributed by atoms with Crippen LogP contribution in [0.15, 0.2) is 41.8 Å². The number of ketones is 1. The Morgan fingerprint density at radius 2 is 1.16 bits per heavy atom. The van der Waals surface area contributed by atoms with Crippen LogP contribution in [-0.4, -0.2) is 248 Å². The number of phenolic OH excluding ortho intramolecular Hbond substituents is 1. The number of benzene rings is 1. The molecule has 560 valence electrons. The number of nitrogens with one attached hydrogen (secondary N) is 12. The van der Waals surface area contributed by atoms with Crippen molar-refractivity contribution in [1.29, 1.82) is 0 Å². The Bertz CT molecular complexity index is 3210. The van der Waals surface area contributed by atoms with Gasteiger partial charge in [-0.25, -0.2) is 4.98 Å². The van der Waals surface area contributed by atoms with Gasteiger partial charge in [0.05, 0.1) is 44.4 Å². The number of thiol groups is 4. The molecule has 26 N–H and O–H groups in total. The molecule has 0 radical (unpaired) electrons. The summed E-state index contributed by atoms with van der Waals surface area (Å²) in [4.78, 5) is 213. The molecule has 12 atom stereocenters. The highest BCUT2D eigenvalue weighted by Gasteiger charge is 2.41. The summed E-state index contributed by atoms with van der Waals surface area (Å²) in [5.74, 6) is -16.0. The van der Waals surface area contributed by atoms with Crippen molar-refractivity contribution >= 4 is 145 Å². The first kappa shape index (κ1) is 86.3. The monoisotopic (exact) mass is 1500 g/mol. The van der Waals surface area contributed by atoms with Crippen molar-refractivity contribution in [2.75, 3.05) is 62.3 Å². The minimum Gasteiger partial charge on any atom is -0.508 e. The smallest absolute Gasteiger partial charge is 0.246 e. The van der Waals surface area contributed by atoms with Crippen LogP contribution in [0.3, 0.4) is 0 Å². The summed E-state index contributed by atoms with van der Waals surface area (Å²) < 4.78 is 0. The average Bonchev–Trinajstić information content (AvgIpc) is 1.75. The van der Waals surface area contributed by atoms with E-state index < -0.39 is 193 Å². The van der Waals surface area contributed by atoms with E-state index in [1.54, 1.807) is 0 Å². The predicted octanol–water partition coefficient (Wildman–Crippen LogP) is -9.34. The number of aliphatic hydroxyl groups excluding tert-OH is 1. The van der Waals surface area contributed by atoms with Gasteiger partial charge in [0.2, 0.25) is 82.7 Å². The number of amides is 14. The van der Waals surface area contributed by atoms with Crippen LogP contribution in [0.4, 0.5) is 0 Å². The number of H-pyrrole nitrogens is 1. The predicted molar refractivity (Wildman–Crippen MR) is 377 cm³/mol. The molecule has 3 rings (SSSR count). The van der Waals surface area contributed by atoms with Gasteiger partial charge in [-0.3, -0.25) is 76.9 Å². The summed E-state index contributed by atoms with van der Waals surface area (Å²) in [6.45, 7) is -0.593. The number of nitrogens with two attached hydrogens (primary N) is 6. The van der Waals surface area contributed by atoms with Gasteiger partial charge in [-0.1, -0.05) is 12.1 Å². The van der Waals surface area contributed by atoms with Crippen LogP contribution in [0.2, 0.25) is 0 Å². The number of rotatable bonds is 46. The summed E-state index contributed by atoms with van der Waals surface area (Å²) in [7, 11) is 0. The second-order valence-electron chi connectivity index (χ2n) is 23.2. The van der Waals surface area contributed by atoms with E-state index in [1.807, 2.05) is 0 Å². The van der Waals surface area contributed by atoms with Crippen LogP contribution >= 0.6 is 50.5 Å². The largest absolute Gasteiger partial charge is 0.508 e. The summed E-state index contributed by atoms with van der Waals surface area (Å²) in [5.41, 5.74) is 33.4. The molecule has 38 nitrogen and oxygen atoms in total. The molecule has 1 fully saturated rings. The number of unbranched alkanes of at least 4 members (excludes halogenated alkanes) is 1. The van der Waals surface area contributed by atoms with Gasteiger partial charge in [0.25, 0.3) is 0 Å². The first-order valence-corrected chi connectivity index (χ1v) is 34.4. The minimum atomic E-state index is -1.82. The molecule has 14 amide bonds. The lowest BCUT2D eigenvalue weighted by molar-refractivity contribution is -0.142. The fourth-order valence-electron chi connectivity index (χ4n) is 9.91. The Labute approximate surface area is 603 Å². The zero-order valence-electron chi connectivity index (χ0n) is 55.4. The van der Waals surface area contributed by atoms with Crippen LogP contribution in [0, 0.1) is 5.92 Å². The van der Waals surface area contributed by atoms with Gasteiger partial charge in [0.15, 0.2) is 11.7 Å². The first-order valence-electron chi connectivity index (χ1n) is 31.9. The van der Waals surface area contributed by atoms with Crippen LogP contribution in [0.5, 0.6) is 5.75 Å². The second-order valence-corrected chi connectivity index (χ2v) is 24.7. The molecular formula is C59H93N21O17S4. The lowest BCUT2D eigenvalue weighted by Crippen LogP contribution is -2.60. The summed E-state index contributed by atoms with van der Waals surface area (Å²) in [6.07, 6.45) is 2.23. The number of phenols is 1. The molecule has 0 aliphatic carbocycles. The van der Waals surface area contributed by atoms with Gasteiger partial charge in [-0.15, -0.1) is 0 Å². The number of aromatic nitrogens is 2. The van der Waals surface area contributed by atoms with Gasteiger partial charge in [0.1, 0.15) is 66.2 Å². The minimum absolute atomic E-state index is 0.0330. The Morgan fingerprint density at radius 3 is 1.74 bits per heavy atom. The fraction of sp³-hybridized carbons (Fsp3) is 0.576. The standard InChI is InChI=1S/C59H93N21O17S4/c1-29(70-57(96)43-8-5-15-80(43)58(97)38(18-32-21-66-28-69-32)75-56(95)42(27-101)79-50(89)31(24-98)17-44(83)34(71-46(85)20-61)7-4-14-67-59(64)65)49(88)78-41(26-100)51(90)68-22-47(86)72-35(6-2-3-13-60)52(91)74-37(19-45(62)84)54(93)73-36(16-30-9-11-33(82)12-10-30)53(92)76-39(23-81)55(94)77-40(25-99)48(63)87/h9-12,21,28-29,31,34-43,81-82,98-101H,2-8,13-20,22-27,60-61H2,1H3,(H2,62,84)(H2,63,87)(H,66,69)(H,68,90)(H,70,96)(H,71,85)(H,72,86)(H,73,93)(H,74,91)(H,75,95)(H,76,92)(H,77,94)(H,78,88)(H,79,89)(H4,64,65,67)/t29-,31-,34-,35-,36-,37-,38-,39-,40-,41-,42-,43-/m0/s1. The maximum atomic E-state index is 14.5. The number of aromatic amines is 1. The van der Waals surface area contributed by atoms with Crippen LogP contribution in [0.1, 0.15) is 76.0 Å². The quantitative estimate of drug-likeness (QED) is 0.0127. The maximum absolute atomic E-state index is 14.5. The van der Waals surface area contributed by atoms with E-state index in [9.17, 15) is 82.1 Å². The number of imidazole rings is 1. The SMILES string of the molecule is C[C@H](NC(=O)[C@@H]1CCCN1C(=O)[C@H](Cc1cnc[nH]1)NC(=O)[C@H](CS)NC(=O)[C@H](CS)CC(=O)[C@H](CCCN=C(N)N)NC(=O)CN)C(=O)N[C@@H](CS)C(=O)NCC(=O)N[C@@H](CCCCN)C(=O)N[C@@H](CC(N)=O)C(=O)N[C@@H](Cc1ccc(O)cc1)C(=O)N[C@@H](CO)C(=O)N[C@@H](CS)C(N)=O. The van der Waals surface area contributed by atoms with Crippen molar-refractivity contribution in [3.05, 3.63) is 48.0 Å². The number of primary amides is 2. The Kier molecular flexibility index (Phi) is 38.4. The zero-order chi connectivity index (χ0) is 75.5. The first-order chi connectivity index (χ1) is 47.9. The lowest BCUT2D eigenvalue weighted by Gasteiger charge is -2.30. The van der Waals surface area contributed by atoms with Crippen molar-refractivity contribution in [2.24, 2.45) is 45.3 Å². The molecule has 0 bridgehead atoms. The number of nitrogens with zero attached hydrogens (tertiary/aromatic N) is 3. The Hall–Kier alpha value is -8.97. The Balaban J connectivity index is 1.71. The van der Waals surface area contributed by atoms with Gasteiger partial charge in [0, 0.05) is 67.3 Å². The number of carbonyl (C=O) groups excluding carboxylic acids is 15. The number of aliphatic hydroxyl groups is 1. The van der Waals surface area contributed by atoms with Crippen molar-refractivity contribution in [3.8, 4) is 5.75 Å². The van der Waals surface area contributed by atoms with Crippen LogP contribution in [0.25, 0.3) is 0 Å². The molecule has 0 unspecified atom stereocenters. The van der Waals surface area contributed by atoms with Gasteiger partial charge in [-0.05, 0) is 76.1 Å². The molecular weight excluding hydrogens is 1400 g/mol. The van der Waals surface area contributed by atoms with Crippen molar-refractivity contribution in [1.82, 2.24) is 73.4 Å². The van der Waals surface area contributed by atoms with E-state index in [2.05, 4.69) is 124 Å². The van der Waals surface area contributed by atoms with E-state index in [0.29, 0.717) is 24.1 Å². The normalized spacial score (nSPS) is 15.8. The average molecular weight is 1500 g/mol. The molecule has 2 aromatic rings. The van der Waals surface area contributed by atoms with E-state index in [1.165, 1.54) is 48.6 Å². The fourth-order valence-corrected chi connectivity index (χ4v) is 11.0. The van der Waals surface area contributed by atoms with Gasteiger partial charge >= 0.3 is 0 Å². The third-order valence-electron chi connectivity index (χ3n) is 15.4. The molecule has 1 aliphatic heterocycles. The number of aromatic hydroxyl groups is 1. The maximum Gasteiger partial charge on any atom is 0.246 e. The number of carbonyl (C=O) groups is 15. The highest BCUT2D eigenvalue weighted by Crippen LogP contribution is 2.21. The summed E-state index contributed by atoms with van der Waals surface area (Å²) in [6, 6.07) is -10.4. The summed E-state index contributed by atoms with van der Waals surface area (Å²) in [5, 5.41) is 46.6. The van der Waals surface area contributed by atoms with Gasteiger partial charge < -0.3 is 113 Å². The number of hydrogen-bond donors (Lipinski definition) is 24. The molecule has 1 saturated heterocycles. The van der Waals surface area contributed by atoms with Crippen molar-refractivity contribution < 1.29 is 82.1 Å². The molecule has 0 saturated carbocycles. The number of guanidine groups is 1. The van der Waals surface area contributed by atoms with E-state index in [4.69, 9.17) is 34.4 Å². The van der Waals surface area contributed by atoms with Crippen LogP contribution in [-0.2, 0) is 84.8 Å². The number of Topliss-reactive ketones (excluding diaryl/α,β-unsaturated/α-hetero) is 1. The van der Waals surface area contributed by atoms with E-state index in [-0.39, 0.29) is 99.3 Å². The number of likely N-dealkylation sites (tertiary alicyclic amines) is 1. The second kappa shape index (κ2) is 45.0. The molecule has 1 aromatic carbocycles. The lowest BCUT2D eigenvalue weighted by atomic mass is 9.96. The molecule has 2 heterocycles. The molecule has 1 aromatic heterocycles. The third kappa shape index (κ3) is 30.0.